The fourth-order valence-electron chi connectivity index (χ4n) is 1.65. The Morgan fingerprint density at radius 3 is 2.73 bits per heavy atom. The van der Waals surface area contributed by atoms with Gasteiger partial charge in [-0.3, -0.25) is 4.79 Å². The highest BCUT2D eigenvalue weighted by Gasteiger charge is 2.28. The van der Waals surface area contributed by atoms with Gasteiger partial charge >= 0.3 is 0 Å². The first-order chi connectivity index (χ1) is 7.13. The van der Waals surface area contributed by atoms with Gasteiger partial charge in [-0.15, -0.1) is 0 Å². The van der Waals surface area contributed by atoms with Crippen LogP contribution in [0.25, 0.3) is 0 Å². The minimum Gasteiger partial charge on any atom is -0.477 e. The summed E-state index contributed by atoms with van der Waals surface area (Å²) in [5, 5.41) is 2.83. The van der Waals surface area contributed by atoms with E-state index in [1.54, 1.807) is 0 Å². The van der Waals surface area contributed by atoms with Gasteiger partial charge in [-0.25, -0.2) is 0 Å². The van der Waals surface area contributed by atoms with Crippen molar-refractivity contribution in [2.45, 2.75) is 20.0 Å². The van der Waals surface area contributed by atoms with Crippen molar-refractivity contribution in [1.82, 2.24) is 0 Å². The molecule has 1 amide bonds. The number of aryl methyl sites for hydroxylation is 2. The van der Waals surface area contributed by atoms with Crippen molar-refractivity contribution in [2.75, 3.05) is 11.9 Å². The van der Waals surface area contributed by atoms with Crippen LogP contribution in [0.1, 0.15) is 11.1 Å². The first-order valence-electron chi connectivity index (χ1n) is 4.91. The molecule has 4 nitrogen and oxygen atoms in total. The third kappa shape index (κ3) is 1.57. The summed E-state index contributed by atoms with van der Waals surface area (Å²) in [5.41, 5.74) is 8.23. The number of hydrogen-bond donors (Lipinski definition) is 2. The normalized spacial score (nSPS) is 19.1. The Morgan fingerprint density at radius 2 is 2.07 bits per heavy atom. The minimum absolute atomic E-state index is 0.168. The van der Waals surface area contributed by atoms with E-state index in [4.69, 9.17) is 10.5 Å². The molecule has 1 aromatic rings. The lowest BCUT2D eigenvalue weighted by atomic mass is 10.1. The number of ether oxygens (including phenoxy) is 1. The van der Waals surface area contributed by atoms with Gasteiger partial charge in [-0.2, -0.15) is 0 Å². The molecule has 0 aliphatic carbocycles. The molecule has 0 radical (unpaired) electrons. The second-order valence-corrected chi connectivity index (χ2v) is 3.73. The Morgan fingerprint density at radius 1 is 1.40 bits per heavy atom. The van der Waals surface area contributed by atoms with Gasteiger partial charge in [0.2, 0.25) is 0 Å². The minimum atomic E-state index is -0.571. The van der Waals surface area contributed by atoms with E-state index in [1.165, 1.54) is 0 Å². The van der Waals surface area contributed by atoms with E-state index in [0.29, 0.717) is 0 Å². The van der Waals surface area contributed by atoms with Crippen LogP contribution in [0.2, 0.25) is 0 Å². The van der Waals surface area contributed by atoms with Crippen LogP contribution < -0.4 is 15.8 Å². The Kier molecular flexibility index (Phi) is 2.36. The van der Waals surface area contributed by atoms with Gasteiger partial charge in [-0.1, -0.05) is 12.1 Å². The van der Waals surface area contributed by atoms with Gasteiger partial charge in [0.1, 0.15) is 5.75 Å². The number of carbonyl (C=O) groups is 1. The zero-order chi connectivity index (χ0) is 11.0. The molecule has 80 valence electrons. The van der Waals surface area contributed by atoms with Gasteiger partial charge in [0.15, 0.2) is 6.10 Å². The van der Waals surface area contributed by atoms with E-state index in [1.807, 2.05) is 26.0 Å². The molecular weight excluding hydrogens is 192 g/mol. The van der Waals surface area contributed by atoms with Gasteiger partial charge in [-0.05, 0) is 25.0 Å². The summed E-state index contributed by atoms with van der Waals surface area (Å²) >= 11 is 0. The molecule has 0 bridgehead atoms. The summed E-state index contributed by atoms with van der Waals surface area (Å²) in [6.45, 7) is 4.08. The first kappa shape index (κ1) is 9.98. The molecule has 1 heterocycles. The fourth-order valence-corrected chi connectivity index (χ4v) is 1.65. The highest BCUT2D eigenvalue weighted by Crippen LogP contribution is 2.35. The molecule has 0 saturated carbocycles. The summed E-state index contributed by atoms with van der Waals surface area (Å²) in [6, 6.07) is 3.93. The van der Waals surface area contributed by atoms with Crippen LogP contribution in [-0.2, 0) is 4.79 Å². The Labute approximate surface area is 88.4 Å². The maximum absolute atomic E-state index is 11.5. The van der Waals surface area contributed by atoms with E-state index in [2.05, 4.69) is 5.32 Å². The number of hydrogen-bond acceptors (Lipinski definition) is 3. The molecule has 4 heteroatoms. The van der Waals surface area contributed by atoms with Crippen molar-refractivity contribution in [2.24, 2.45) is 5.73 Å². The van der Waals surface area contributed by atoms with E-state index in [0.717, 1.165) is 22.6 Å². The predicted octanol–water partition coefficient (Wildman–Crippen LogP) is 0.962. The van der Waals surface area contributed by atoms with Gasteiger partial charge in [0.25, 0.3) is 5.91 Å². The van der Waals surface area contributed by atoms with Crippen LogP contribution in [0.4, 0.5) is 5.69 Å². The van der Waals surface area contributed by atoms with Crippen molar-refractivity contribution < 1.29 is 9.53 Å². The molecule has 3 N–H and O–H groups in total. The highest BCUT2D eigenvalue weighted by atomic mass is 16.5. The molecule has 2 rings (SSSR count). The topological polar surface area (TPSA) is 64.4 Å². The third-order valence-electron chi connectivity index (χ3n) is 2.58. The van der Waals surface area contributed by atoms with Crippen molar-refractivity contribution in [3.05, 3.63) is 23.3 Å². The Bertz CT molecular complexity index is 415. The average molecular weight is 206 g/mol. The lowest BCUT2D eigenvalue weighted by Crippen LogP contribution is -2.42. The second-order valence-electron chi connectivity index (χ2n) is 3.73. The maximum atomic E-state index is 11.5. The van der Waals surface area contributed by atoms with Crippen LogP contribution in [-0.4, -0.2) is 18.6 Å². The zero-order valence-electron chi connectivity index (χ0n) is 8.83. The van der Waals surface area contributed by atoms with E-state index in [9.17, 15) is 4.79 Å². The van der Waals surface area contributed by atoms with Crippen LogP contribution >= 0.6 is 0 Å². The smallest absolute Gasteiger partial charge is 0.266 e. The van der Waals surface area contributed by atoms with Crippen molar-refractivity contribution >= 4 is 11.6 Å². The fraction of sp³-hybridized carbons (Fsp3) is 0.364. The zero-order valence-corrected chi connectivity index (χ0v) is 8.83. The monoisotopic (exact) mass is 206 g/mol. The summed E-state index contributed by atoms with van der Waals surface area (Å²) in [7, 11) is 0. The molecule has 1 atom stereocenters. The lowest BCUT2D eigenvalue weighted by Gasteiger charge is -2.27. The van der Waals surface area contributed by atoms with E-state index in [-0.39, 0.29) is 12.5 Å². The standard InChI is InChI=1S/C11H14N2O2/c1-6-3-4-7(2)10-9(6)13-11(14)8(5-12)15-10/h3-4,8H,5,12H2,1-2H3,(H,13,14). The number of anilines is 1. The highest BCUT2D eigenvalue weighted by molar-refractivity contribution is 5.99. The maximum Gasteiger partial charge on any atom is 0.266 e. The average Bonchev–Trinajstić information content (AvgIpc) is 2.23. The molecule has 1 aliphatic heterocycles. The number of carbonyl (C=O) groups excluding carboxylic acids is 1. The molecule has 1 aliphatic rings. The van der Waals surface area contributed by atoms with Crippen LogP contribution in [0, 0.1) is 13.8 Å². The quantitative estimate of drug-likeness (QED) is 0.719. The molecule has 0 spiro atoms. The van der Waals surface area contributed by atoms with Crippen molar-refractivity contribution in [3.8, 4) is 5.75 Å². The van der Waals surface area contributed by atoms with Gasteiger partial charge in [0.05, 0.1) is 5.69 Å². The molecule has 15 heavy (non-hydrogen) atoms. The predicted molar refractivity (Wildman–Crippen MR) is 58.0 cm³/mol. The first-order valence-corrected chi connectivity index (χ1v) is 4.91. The molecule has 0 fully saturated rings. The number of benzene rings is 1. The van der Waals surface area contributed by atoms with Gasteiger partial charge < -0.3 is 15.8 Å². The second kappa shape index (κ2) is 3.55. The number of nitrogens with one attached hydrogen (secondary N) is 1. The number of fused-ring (bicyclic) bond motifs is 1. The summed E-state index contributed by atoms with van der Waals surface area (Å²) in [6.07, 6.45) is -0.571. The van der Waals surface area contributed by atoms with Crippen molar-refractivity contribution in [1.29, 1.82) is 0 Å². The number of rotatable bonds is 1. The Hall–Kier alpha value is -1.55. The van der Waals surface area contributed by atoms with Crippen LogP contribution in [0.15, 0.2) is 12.1 Å². The van der Waals surface area contributed by atoms with Crippen LogP contribution in [0.5, 0.6) is 5.75 Å². The van der Waals surface area contributed by atoms with Gasteiger partial charge in [0, 0.05) is 6.54 Å². The summed E-state index contributed by atoms with van der Waals surface area (Å²) < 4.78 is 5.57. The van der Waals surface area contributed by atoms with Crippen molar-refractivity contribution in [3.63, 3.8) is 0 Å². The molecule has 0 aromatic heterocycles. The largest absolute Gasteiger partial charge is 0.477 e. The molecule has 1 unspecified atom stereocenters. The SMILES string of the molecule is Cc1ccc(C)c2c1NC(=O)C(CN)O2. The summed E-state index contributed by atoms with van der Waals surface area (Å²) in [5.74, 6) is 0.573. The summed E-state index contributed by atoms with van der Waals surface area (Å²) in [4.78, 5) is 11.5. The lowest BCUT2D eigenvalue weighted by molar-refractivity contribution is -0.123. The number of nitrogens with two attached hydrogens (primary N) is 1. The van der Waals surface area contributed by atoms with E-state index >= 15 is 0 Å². The van der Waals surface area contributed by atoms with E-state index < -0.39 is 6.10 Å². The molecule has 1 aromatic carbocycles. The molecule has 0 saturated heterocycles. The molecular formula is C11H14N2O2. The van der Waals surface area contributed by atoms with Crippen LogP contribution in [0.3, 0.4) is 0 Å². The Balaban J connectivity index is 2.48. The number of amides is 1. The third-order valence-corrected chi connectivity index (χ3v) is 2.58.